The number of ketones is 1. The monoisotopic (exact) mass is 596 g/mol. The zero-order chi connectivity index (χ0) is 30.9. The number of hydrogen-bond acceptors (Lipinski definition) is 7. The van der Waals surface area contributed by atoms with Gasteiger partial charge in [-0.05, 0) is 85.3 Å². The van der Waals surface area contributed by atoms with Gasteiger partial charge in [0.15, 0.2) is 5.78 Å². The van der Waals surface area contributed by atoms with Gasteiger partial charge in [0, 0.05) is 24.0 Å². The van der Waals surface area contributed by atoms with E-state index in [0.717, 1.165) is 10.9 Å². The van der Waals surface area contributed by atoms with Crippen molar-refractivity contribution in [1.29, 1.82) is 0 Å². The van der Waals surface area contributed by atoms with Crippen molar-refractivity contribution in [3.05, 3.63) is 59.7 Å². The van der Waals surface area contributed by atoms with Crippen molar-refractivity contribution in [3.8, 4) is 0 Å². The van der Waals surface area contributed by atoms with E-state index in [-0.39, 0.29) is 18.7 Å². The molecule has 0 saturated carbocycles. The highest BCUT2D eigenvalue weighted by Crippen LogP contribution is 2.43. The SMILES string of the molecule is CC(C)(C)OC(=O)N1CCC(c2cccc3ccn(S(=O)(=O)C4(C)C=CC=C(B5OC(C)(C)C(C)(C)O5)C4)c23)C(=O)C1. The molecule has 2 saturated heterocycles. The molecule has 1 amide bonds. The molecule has 2 atom stereocenters. The van der Waals surface area contributed by atoms with Gasteiger partial charge in [0.1, 0.15) is 10.3 Å². The summed E-state index contributed by atoms with van der Waals surface area (Å²) in [6, 6.07) is 7.26. The molecule has 2 aliphatic heterocycles. The van der Waals surface area contributed by atoms with E-state index in [9.17, 15) is 18.0 Å². The molecule has 1 aliphatic carbocycles. The molecule has 2 aromatic rings. The lowest BCUT2D eigenvalue weighted by Crippen LogP contribution is -2.45. The molecule has 0 N–H and O–H groups in total. The van der Waals surface area contributed by atoms with Crippen LogP contribution in [-0.4, -0.2) is 70.9 Å². The molecule has 0 bridgehead atoms. The van der Waals surface area contributed by atoms with Gasteiger partial charge < -0.3 is 18.9 Å². The van der Waals surface area contributed by atoms with Crippen molar-refractivity contribution in [2.45, 2.75) is 95.7 Å². The number of piperidine rings is 1. The Labute approximate surface area is 249 Å². The van der Waals surface area contributed by atoms with Gasteiger partial charge in [0.2, 0.25) is 10.0 Å². The lowest BCUT2D eigenvalue weighted by molar-refractivity contribution is -0.123. The van der Waals surface area contributed by atoms with Crippen LogP contribution in [0.5, 0.6) is 0 Å². The Morgan fingerprint density at radius 3 is 2.36 bits per heavy atom. The fraction of sp³-hybridized carbons (Fsp3) is 0.548. The average molecular weight is 597 g/mol. The molecule has 2 unspecified atom stereocenters. The van der Waals surface area contributed by atoms with Gasteiger partial charge in [0.25, 0.3) is 0 Å². The second-order valence-corrected chi connectivity index (χ2v) is 16.1. The summed E-state index contributed by atoms with van der Waals surface area (Å²) in [7, 11) is -4.66. The van der Waals surface area contributed by atoms with Crippen molar-refractivity contribution in [1.82, 2.24) is 8.87 Å². The van der Waals surface area contributed by atoms with Crippen LogP contribution < -0.4 is 0 Å². The first kappa shape index (κ1) is 30.6. The number of fused-ring (bicyclic) bond motifs is 1. The fourth-order valence-corrected chi connectivity index (χ4v) is 7.49. The Balaban J connectivity index is 1.44. The second kappa shape index (κ2) is 10.1. The molecule has 226 valence electrons. The summed E-state index contributed by atoms with van der Waals surface area (Å²) in [6.45, 7) is 15.2. The van der Waals surface area contributed by atoms with Crippen LogP contribution >= 0.6 is 0 Å². The maximum atomic E-state index is 14.4. The van der Waals surface area contributed by atoms with Crippen LogP contribution in [0.1, 0.15) is 79.7 Å². The van der Waals surface area contributed by atoms with Gasteiger partial charge in [0.05, 0.1) is 23.3 Å². The predicted molar refractivity (Wildman–Crippen MR) is 163 cm³/mol. The zero-order valence-electron chi connectivity index (χ0n) is 25.8. The Morgan fingerprint density at radius 1 is 1.07 bits per heavy atom. The van der Waals surface area contributed by atoms with Crippen LogP contribution in [0.2, 0.25) is 0 Å². The molecule has 9 nitrogen and oxygen atoms in total. The molecule has 2 fully saturated rings. The van der Waals surface area contributed by atoms with Crippen LogP contribution in [0.15, 0.2) is 54.2 Å². The summed E-state index contributed by atoms with van der Waals surface area (Å²) in [4.78, 5) is 27.4. The number of nitrogens with zero attached hydrogens (tertiary/aromatic N) is 2. The van der Waals surface area contributed by atoms with Crippen molar-refractivity contribution >= 4 is 39.9 Å². The molecule has 0 radical (unpaired) electrons. The lowest BCUT2D eigenvalue weighted by Gasteiger charge is -2.33. The van der Waals surface area contributed by atoms with Gasteiger partial charge in [-0.25, -0.2) is 17.2 Å². The normalized spacial score (nSPS) is 26.0. The molecule has 0 spiro atoms. The first-order chi connectivity index (χ1) is 19.4. The van der Waals surface area contributed by atoms with E-state index in [2.05, 4.69) is 0 Å². The molecule has 42 heavy (non-hydrogen) atoms. The molecule has 5 rings (SSSR count). The van der Waals surface area contributed by atoms with Crippen LogP contribution in [-0.2, 0) is 28.9 Å². The van der Waals surface area contributed by atoms with Crippen LogP contribution in [0.3, 0.4) is 0 Å². The maximum Gasteiger partial charge on any atom is 0.490 e. The molecular weight excluding hydrogens is 555 g/mol. The van der Waals surface area contributed by atoms with E-state index >= 15 is 0 Å². The number of carbonyl (C=O) groups excluding carboxylic acids is 2. The van der Waals surface area contributed by atoms with E-state index in [4.69, 9.17) is 14.0 Å². The second-order valence-electron chi connectivity index (χ2n) is 13.8. The van der Waals surface area contributed by atoms with E-state index < -0.39 is 50.7 Å². The molecular formula is C31H41BN2O7S. The minimum Gasteiger partial charge on any atom is -0.444 e. The number of Topliss-reactive ketones (excluding diaryl/α,β-unsaturated/α-hetero) is 1. The minimum absolute atomic E-state index is 0.0912. The molecule has 1 aromatic heterocycles. The Bertz CT molecular complexity index is 1580. The van der Waals surface area contributed by atoms with Crippen LogP contribution in [0.4, 0.5) is 4.79 Å². The number of aromatic nitrogens is 1. The van der Waals surface area contributed by atoms with Crippen molar-refractivity contribution in [2.24, 2.45) is 0 Å². The highest BCUT2D eigenvalue weighted by Gasteiger charge is 2.54. The smallest absolute Gasteiger partial charge is 0.444 e. The van der Waals surface area contributed by atoms with Gasteiger partial charge in [-0.15, -0.1) is 0 Å². The van der Waals surface area contributed by atoms with Gasteiger partial charge in [-0.1, -0.05) is 36.4 Å². The first-order valence-electron chi connectivity index (χ1n) is 14.4. The summed E-state index contributed by atoms with van der Waals surface area (Å²) >= 11 is 0. The number of hydrogen-bond donors (Lipinski definition) is 0. The molecule has 1 aromatic carbocycles. The predicted octanol–water partition coefficient (Wildman–Crippen LogP) is 5.39. The van der Waals surface area contributed by atoms with Gasteiger partial charge >= 0.3 is 13.2 Å². The quantitative estimate of drug-likeness (QED) is 0.436. The first-order valence-corrected chi connectivity index (χ1v) is 15.9. The van der Waals surface area contributed by atoms with E-state index in [1.807, 2.05) is 52.0 Å². The number of amides is 1. The highest BCUT2D eigenvalue weighted by molar-refractivity contribution is 7.91. The Kier molecular flexibility index (Phi) is 7.35. The number of para-hydroxylation sites is 1. The zero-order valence-corrected chi connectivity index (χ0v) is 26.6. The van der Waals surface area contributed by atoms with Crippen LogP contribution in [0, 0.1) is 0 Å². The largest absolute Gasteiger partial charge is 0.490 e. The number of likely N-dealkylation sites (tertiary alicyclic amines) is 1. The van der Waals surface area contributed by atoms with E-state index in [1.54, 1.807) is 52.1 Å². The summed E-state index contributed by atoms with van der Waals surface area (Å²) in [6.07, 6.45) is 6.93. The van der Waals surface area contributed by atoms with E-state index in [1.165, 1.54) is 8.87 Å². The lowest BCUT2D eigenvalue weighted by atomic mass is 9.71. The Hall–Kier alpha value is -2.89. The molecule has 3 aliphatic rings. The highest BCUT2D eigenvalue weighted by atomic mass is 32.2. The number of benzene rings is 1. The summed E-state index contributed by atoms with van der Waals surface area (Å²) in [5.74, 6) is -0.703. The topological polar surface area (TPSA) is 104 Å². The van der Waals surface area contributed by atoms with Gasteiger partial charge in [-0.3, -0.25) is 4.79 Å². The number of carbonyl (C=O) groups is 2. The third-order valence-electron chi connectivity index (χ3n) is 8.88. The fourth-order valence-electron chi connectivity index (χ4n) is 5.76. The number of ether oxygens (including phenoxy) is 1. The van der Waals surface area contributed by atoms with Crippen molar-refractivity contribution < 1.29 is 32.1 Å². The van der Waals surface area contributed by atoms with Gasteiger partial charge in [-0.2, -0.15) is 0 Å². The minimum atomic E-state index is -4.01. The third-order valence-corrected chi connectivity index (χ3v) is 11.2. The third kappa shape index (κ3) is 5.24. The number of allylic oxidation sites excluding steroid dienone is 3. The summed E-state index contributed by atoms with van der Waals surface area (Å²) < 4.78 is 46.8. The standard InChI is InChI=1S/C31H41BN2O7S/c1-28(2,3)39-27(36)33-17-15-23(25(35)20-33)24-13-9-11-21-14-18-34(26(21)24)42(37,38)31(8)16-10-12-22(19-31)32-40-29(4,5)30(6,7)41-32/h9-14,16,18,23H,15,17,19-20H2,1-8H3. The molecule has 11 heteroatoms. The number of rotatable bonds is 4. The van der Waals surface area contributed by atoms with E-state index in [0.29, 0.717) is 24.0 Å². The summed E-state index contributed by atoms with van der Waals surface area (Å²) in [5.41, 5.74) is 0.114. The van der Waals surface area contributed by atoms with Crippen LogP contribution in [0.25, 0.3) is 10.9 Å². The Morgan fingerprint density at radius 2 is 1.74 bits per heavy atom. The maximum absolute atomic E-state index is 14.4. The average Bonchev–Trinajstić information content (AvgIpc) is 3.41. The van der Waals surface area contributed by atoms with Crippen molar-refractivity contribution in [2.75, 3.05) is 13.1 Å². The van der Waals surface area contributed by atoms with Crippen molar-refractivity contribution in [3.63, 3.8) is 0 Å². The summed E-state index contributed by atoms with van der Waals surface area (Å²) in [5, 5.41) is 0.726. The molecule has 3 heterocycles.